The van der Waals surface area contributed by atoms with Gasteiger partial charge in [0.15, 0.2) is 0 Å². The van der Waals surface area contributed by atoms with E-state index < -0.39 is 36.3 Å². The zero-order valence-corrected chi connectivity index (χ0v) is 22.4. The first-order valence-corrected chi connectivity index (χ1v) is 12.8. The highest BCUT2D eigenvalue weighted by Crippen LogP contribution is 2.24. The molecule has 2 atom stereocenters. The van der Waals surface area contributed by atoms with E-state index in [-0.39, 0.29) is 5.91 Å². The summed E-state index contributed by atoms with van der Waals surface area (Å²) in [7, 11) is 0. The number of aliphatic hydroxyl groups excluding tert-OH is 1. The molecule has 1 aromatic carbocycles. The van der Waals surface area contributed by atoms with Gasteiger partial charge in [-0.2, -0.15) is 0 Å². The Morgan fingerprint density at radius 1 is 1.00 bits per heavy atom. The smallest absolute Gasteiger partial charge is 0.408 e. The van der Waals surface area contributed by atoms with Crippen LogP contribution in [0.3, 0.4) is 0 Å². The summed E-state index contributed by atoms with van der Waals surface area (Å²) in [4.78, 5) is 40.8. The minimum Gasteiger partial charge on any atom is -0.444 e. The van der Waals surface area contributed by atoms with Gasteiger partial charge in [-0.25, -0.2) is 4.79 Å². The molecule has 3 amide bonds. The van der Waals surface area contributed by atoms with Crippen molar-refractivity contribution >= 4 is 17.9 Å². The van der Waals surface area contributed by atoms with E-state index in [1.54, 1.807) is 20.8 Å². The van der Waals surface area contributed by atoms with Crippen LogP contribution in [0.4, 0.5) is 4.79 Å². The van der Waals surface area contributed by atoms with Crippen LogP contribution in [-0.4, -0.2) is 59.3 Å². The number of hydrogen-bond donors (Lipinski definition) is 3. The van der Waals surface area contributed by atoms with Crippen LogP contribution in [0.2, 0.25) is 0 Å². The van der Waals surface area contributed by atoms with Crippen molar-refractivity contribution in [2.75, 3.05) is 19.7 Å². The first-order chi connectivity index (χ1) is 16.6. The van der Waals surface area contributed by atoms with Gasteiger partial charge in [-0.15, -0.1) is 0 Å². The van der Waals surface area contributed by atoms with E-state index in [2.05, 4.69) is 24.5 Å². The quantitative estimate of drug-likeness (QED) is 0.340. The van der Waals surface area contributed by atoms with Gasteiger partial charge in [0.05, 0.1) is 6.61 Å². The van der Waals surface area contributed by atoms with Gasteiger partial charge in [-0.3, -0.25) is 9.59 Å². The van der Waals surface area contributed by atoms with Crippen LogP contribution >= 0.6 is 0 Å². The lowest BCUT2D eigenvalue weighted by molar-refractivity contribution is -0.143. The average molecular weight is 492 g/mol. The molecule has 2 unspecified atom stereocenters. The largest absolute Gasteiger partial charge is 0.444 e. The van der Waals surface area contributed by atoms with E-state index in [0.29, 0.717) is 25.1 Å². The second kappa shape index (κ2) is 15.4. The number of nitrogens with one attached hydrogen (secondary N) is 2. The number of nitrogens with zero attached hydrogens (tertiary/aromatic N) is 1. The summed E-state index contributed by atoms with van der Waals surface area (Å²) in [6.07, 6.45) is 4.43. The third-order valence-corrected chi connectivity index (χ3v) is 5.55. The molecule has 1 aromatic rings. The highest BCUT2D eigenvalue weighted by atomic mass is 16.6. The molecule has 1 rings (SSSR count). The van der Waals surface area contributed by atoms with Gasteiger partial charge in [0.1, 0.15) is 17.7 Å². The van der Waals surface area contributed by atoms with E-state index in [1.165, 1.54) is 4.90 Å². The average Bonchev–Trinajstić information content (AvgIpc) is 2.81. The number of benzene rings is 1. The van der Waals surface area contributed by atoms with Crippen molar-refractivity contribution in [3.8, 4) is 0 Å². The lowest BCUT2D eigenvalue weighted by Gasteiger charge is -2.34. The molecule has 8 heteroatoms. The molecule has 0 radical (unpaired) electrons. The van der Waals surface area contributed by atoms with Gasteiger partial charge in [0.2, 0.25) is 11.8 Å². The maximum atomic E-state index is 13.6. The van der Waals surface area contributed by atoms with Crippen LogP contribution in [0.25, 0.3) is 0 Å². The van der Waals surface area contributed by atoms with Gasteiger partial charge in [0.25, 0.3) is 0 Å². The third-order valence-electron chi connectivity index (χ3n) is 5.55. The Hall–Kier alpha value is -2.61. The van der Waals surface area contributed by atoms with Crippen molar-refractivity contribution in [1.82, 2.24) is 15.5 Å². The monoisotopic (exact) mass is 491 g/mol. The summed E-state index contributed by atoms with van der Waals surface area (Å²) in [5.41, 5.74) is 1.06. The van der Waals surface area contributed by atoms with E-state index in [9.17, 15) is 19.5 Å². The Balaban J connectivity index is 3.29. The van der Waals surface area contributed by atoms with Crippen LogP contribution in [0.15, 0.2) is 24.3 Å². The van der Waals surface area contributed by atoms with Crippen LogP contribution in [0.1, 0.15) is 90.8 Å². The van der Waals surface area contributed by atoms with Crippen LogP contribution in [0, 0.1) is 0 Å². The number of carbonyl (C=O) groups excluding carboxylic acids is 3. The minimum absolute atomic E-state index is 0.274. The number of aryl methyl sites for hydroxylation is 1. The summed E-state index contributed by atoms with van der Waals surface area (Å²) in [5.74, 6) is -0.802. The summed E-state index contributed by atoms with van der Waals surface area (Å²) in [6.45, 7) is 11.5. The first-order valence-electron chi connectivity index (χ1n) is 12.8. The van der Waals surface area contributed by atoms with Crippen LogP contribution in [0.5, 0.6) is 0 Å². The predicted octanol–water partition coefficient (Wildman–Crippen LogP) is 4.11. The second-order valence-corrected chi connectivity index (χ2v) is 9.76. The van der Waals surface area contributed by atoms with Crippen molar-refractivity contribution in [2.45, 2.75) is 97.8 Å². The molecule has 0 fully saturated rings. The number of amides is 3. The molecule has 0 saturated carbocycles. The second-order valence-electron chi connectivity index (χ2n) is 9.76. The Labute approximate surface area is 210 Å². The van der Waals surface area contributed by atoms with E-state index in [1.807, 2.05) is 31.2 Å². The fourth-order valence-corrected chi connectivity index (χ4v) is 3.62. The molecule has 0 bridgehead atoms. The first kappa shape index (κ1) is 30.4. The molecule has 35 heavy (non-hydrogen) atoms. The lowest BCUT2D eigenvalue weighted by Crippen LogP contribution is -2.54. The molecular formula is C27H45N3O5. The van der Waals surface area contributed by atoms with Gasteiger partial charge < -0.3 is 25.4 Å². The van der Waals surface area contributed by atoms with Crippen LogP contribution < -0.4 is 10.6 Å². The molecule has 8 nitrogen and oxygen atoms in total. The predicted molar refractivity (Wildman–Crippen MR) is 138 cm³/mol. The molecule has 0 heterocycles. The van der Waals surface area contributed by atoms with E-state index in [0.717, 1.165) is 37.7 Å². The van der Waals surface area contributed by atoms with Crippen LogP contribution in [-0.2, 0) is 20.7 Å². The summed E-state index contributed by atoms with van der Waals surface area (Å²) in [6, 6.07) is 5.55. The highest BCUT2D eigenvalue weighted by Gasteiger charge is 2.35. The maximum Gasteiger partial charge on any atom is 0.408 e. The maximum absolute atomic E-state index is 13.6. The van der Waals surface area contributed by atoms with Crippen molar-refractivity contribution < 1.29 is 24.2 Å². The molecule has 198 valence electrons. The Kier molecular flexibility index (Phi) is 13.4. The SMILES string of the molecule is CCCCCNC(=O)C(c1ccc(CC)cc1)N(CCCC)C(=O)C(CO)NC(=O)OC(C)(C)C. The van der Waals surface area contributed by atoms with Crippen molar-refractivity contribution in [3.05, 3.63) is 35.4 Å². The van der Waals surface area contributed by atoms with Gasteiger partial charge in [0, 0.05) is 13.1 Å². The normalized spacial score (nSPS) is 13.0. The topological polar surface area (TPSA) is 108 Å². The minimum atomic E-state index is -1.23. The summed E-state index contributed by atoms with van der Waals surface area (Å²) in [5, 5.41) is 15.4. The molecule has 0 spiro atoms. The number of rotatable bonds is 14. The number of ether oxygens (including phenoxy) is 1. The number of unbranched alkanes of at least 4 members (excludes halogenated alkanes) is 3. The van der Waals surface area contributed by atoms with E-state index in [4.69, 9.17) is 4.74 Å². The van der Waals surface area contributed by atoms with Gasteiger partial charge in [-0.05, 0) is 51.2 Å². The van der Waals surface area contributed by atoms with Gasteiger partial charge in [-0.1, -0.05) is 64.3 Å². The summed E-state index contributed by atoms with van der Waals surface area (Å²) >= 11 is 0. The Morgan fingerprint density at radius 3 is 2.14 bits per heavy atom. The molecular weight excluding hydrogens is 446 g/mol. The van der Waals surface area contributed by atoms with Crippen molar-refractivity contribution in [1.29, 1.82) is 0 Å². The number of aliphatic hydroxyl groups is 1. The number of alkyl carbamates (subject to hydrolysis) is 1. The highest BCUT2D eigenvalue weighted by molar-refractivity contribution is 5.92. The fourth-order valence-electron chi connectivity index (χ4n) is 3.62. The van der Waals surface area contributed by atoms with E-state index >= 15 is 0 Å². The molecule has 3 N–H and O–H groups in total. The fraction of sp³-hybridized carbons (Fsp3) is 0.667. The number of carbonyl (C=O) groups is 3. The zero-order valence-electron chi connectivity index (χ0n) is 22.4. The Bertz CT molecular complexity index is 789. The van der Waals surface area contributed by atoms with Gasteiger partial charge >= 0.3 is 6.09 Å². The van der Waals surface area contributed by atoms with Crippen molar-refractivity contribution in [2.24, 2.45) is 0 Å². The molecule has 0 saturated heterocycles. The number of hydrogen-bond acceptors (Lipinski definition) is 5. The summed E-state index contributed by atoms with van der Waals surface area (Å²) < 4.78 is 5.26. The molecule has 0 aliphatic rings. The third kappa shape index (κ3) is 10.7. The lowest BCUT2D eigenvalue weighted by atomic mass is 10.00. The Morgan fingerprint density at radius 2 is 1.63 bits per heavy atom. The van der Waals surface area contributed by atoms with Crippen molar-refractivity contribution in [3.63, 3.8) is 0 Å². The molecule has 0 aliphatic carbocycles. The zero-order chi connectivity index (χ0) is 26.4. The molecule has 0 aliphatic heterocycles. The molecule has 0 aromatic heterocycles. The standard InChI is InChI=1S/C27H45N3O5/c1-7-10-12-17-28-24(32)23(21-15-13-20(9-3)14-16-21)30(18-11-8-2)25(33)22(19-31)29-26(34)35-27(4,5)6/h13-16,22-23,31H,7-12,17-19H2,1-6H3,(H,28,32)(H,29,34).